The maximum Gasteiger partial charge on any atom is 0.422 e. The van der Waals surface area contributed by atoms with Gasteiger partial charge in [0, 0.05) is 60.8 Å². The number of alkyl halides is 3. The van der Waals surface area contributed by atoms with Crippen molar-refractivity contribution in [1.29, 1.82) is 0 Å². The number of halogens is 3. The van der Waals surface area contributed by atoms with Gasteiger partial charge in [-0.05, 0) is 30.3 Å². The molecule has 30 heavy (non-hydrogen) atoms. The largest absolute Gasteiger partial charge is 0.468 e. The summed E-state index contributed by atoms with van der Waals surface area (Å²) in [6.07, 6.45) is -0.449. The number of hydrogen-bond donors (Lipinski definition) is 1. The van der Waals surface area contributed by atoms with E-state index in [-0.39, 0.29) is 5.88 Å². The zero-order valence-electron chi connectivity index (χ0n) is 16.1. The summed E-state index contributed by atoms with van der Waals surface area (Å²) in [5.74, 6) is 0.660. The fourth-order valence-electron chi connectivity index (χ4n) is 3.35. The summed E-state index contributed by atoms with van der Waals surface area (Å²) in [5.41, 5.74) is 9.91. The third-order valence-electron chi connectivity index (χ3n) is 4.80. The summed E-state index contributed by atoms with van der Waals surface area (Å²) >= 11 is 0. The Morgan fingerprint density at radius 1 is 1.10 bits per heavy atom. The Bertz CT molecular complexity index is 1020. The Morgan fingerprint density at radius 3 is 2.67 bits per heavy atom. The molecule has 0 amide bonds. The predicted molar refractivity (Wildman–Crippen MR) is 105 cm³/mol. The number of anilines is 1. The van der Waals surface area contributed by atoms with Crippen LogP contribution in [0.3, 0.4) is 0 Å². The molecule has 3 aromatic rings. The average molecular weight is 415 g/mol. The molecule has 0 aliphatic carbocycles. The molecule has 3 heterocycles. The fourth-order valence-corrected chi connectivity index (χ4v) is 3.35. The number of aromatic nitrogens is 3. The zero-order chi connectivity index (χ0) is 21.1. The number of nitrogen functional groups attached to an aromatic ring is 1. The van der Waals surface area contributed by atoms with Gasteiger partial charge in [-0.25, -0.2) is 15.0 Å². The lowest BCUT2D eigenvalue weighted by atomic mass is 10.1. The van der Waals surface area contributed by atoms with Crippen molar-refractivity contribution in [2.24, 2.45) is 0 Å². The standard InChI is InChI=1S/C21H20F3N5O/c22-21(23,24)13-30-20-15(2-1-8-26-20)11-29-9-7-18-16(12-29)10-27-19(28-18)14-3-5-17(25)6-4-14/h1-6,8,10H,7,9,11-13,25H2. The first kappa shape index (κ1) is 20.1. The molecule has 0 saturated carbocycles. The van der Waals surface area contributed by atoms with Gasteiger partial charge in [-0.2, -0.15) is 13.2 Å². The molecule has 0 spiro atoms. The highest BCUT2D eigenvalue weighted by Crippen LogP contribution is 2.25. The van der Waals surface area contributed by atoms with Gasteiger partial charge in [0.2, 0.25) is 5.88 Å². The van der Waals surface area contributed by atoms with E-state index in [1.165, 1.54) is 6.20 Å². The predicted octanol–water partition coefficient (Wildman–Crippen LogP) is 3.62. The molecule has 0 atom stereocenters. The van der Waals surface area contributed by atoms with Crippen LogP contribution in [0.25, 0.3) is 11.4 Å². The highest BCUT2D eigenvalue weighted by Gasteiger charge is 2.29. The molecule has 156 valence electrons. The van der Waals surface area contributed by atoms with Gasteiger partial charge in [0.05, 0.1) is 5.69 Å². The summed E-state index contributed by atoms with van der Waals surface area (Å²) in [7, 11) is 0. The van der Waals surface area contributed by atoms with Gasteiger partial charge in [-0.1, -0.05) is 6.07 Å². The number of benzene rings is 1. The van der Waals surface area contributed by atoms with E-state index < -0.39 is 12.8 Å². The van der Waals surface area contributed by atoms with Crippen molar-refractivity contribution in [3.8, 4) is 17.3 Å². The summed E-state index contributed by atoms with van der Waals surface area (Å²) in [6, 6.07) is 10.8. The monoisotopic (exact) mass is 415 g/mol. The molecule has 0 radical (unpaired) electrons. The smallest absolute Gasteiger partial charge is 0.422 e. The lowest BCUT2D eigenvalue weighted by molar-refractivity contribution is -0.154. The van der Waals surface area contributed by atoms with Crippen molar-refractivity contribution < 1.29 is 17.9 Å². The first-order valence-corrected chi connectivity index (χ1v) is 9.44. The van der Waals surface area contributed by atoms with Crippen LogP contribution < -0.4 is 10.5 Å². The number of ether oxygens (including phenoxy) is 1. The third kappa shape index (κ3) is 4.85. The number of hydrogen-bond acceptors (Lipinski definition) is 6. The second-order valence-electron chi connectivity index (χ2n) is 7.12. The molecule has 4 rings (SSSR count). The van der Waals surface area contributed by atoms with Gasteiger partial charge in [0.1, 0.15) is 0 Å². The second kappa shape index (κ2) is 8.27. The van der Waals surface area contributed by atoms with Crippen molar-refractivity contribution >= 4 is 5.69 Å². The van der Waals surface area contributed by atoms with Gasteiger partial charge >= 0.3 is 6.18 Å². The molecular weight excluding hydrogens is 395 g/mol. The fraction of sp³-hybridized carbons (Fsp3) is 0.286. The molecule has 0 saturated heterocycles. The Balaban J connectivity index is 1.46. The Labute approximate surface area is 171 Å². The highest BCUT2D eigenvalue weighted by molar-refractivity contribution is 5.58. The van der Waals surface area contributed by atoms with Crippen LogP contribution in [0.15, 0.2) is 48.8 Å². The van der Waals surface area contributed by atoms with Crippen LogP contribution in [0.2, 0.25) is 0 Å². The molecule has 0 bridgehead atoms. The molecule has 1 aliphatic rings. The van der Waals surface area contributed by atoms with Gasteiger partial charge in [-0.3, -0.25) is 4.90 Å². The number of nitrogens with two attached hydrogens (primary N) is 1. The number of fused-ring (bicyclic) bond motifs is 1. The first-order valence-electron chi connectivity index (χ1n) is 9.44. The van der Waals surface area contributed by atoms with Crippen LogP contribution >= 0.6 is 0 Å². The highest BCUT2D eigenvalue weighted by atomic mass is 19.4. The van der Waals surface area contributed by atoms with Crippen LogP contribution in [0.1, 0.15) is 16.8 Å². The minimum absolute atomic E-state index is 0.00979. The molecule has 0 unspecified atom stereocenters. The van der Waals surface area contributed by atoms with E-state index in [2.05, 4.69) is 19.9 Å². The quantitative estimate of drug-likeness (QED) is 0.642. The molecule has 2 N–H and O–H groups in total. The molecule has 1 aliphatic heterocycles. The molecular formula is C21H20F3N5O. The van der Waals surface area contributed by atoms with Crippen molar-refractivity contribution in [3.05, 3.63) is 65.6 Å². The van der Waals surface area contributed by atoms with E-state index in [1.54, 1.807) is 12.1 Å². The van der Waals surface area contributed by atoms with E-state index in [0.29, 0.717) is 30.2 Å². The number of nitrogens with zero attached hydrogens (tertiary/aromatic N) is 4. The Kier molecular flexibility index (Phi) is 5.54. The maximum absolute atomic E-state index is 12.5. The summed E-state index contributed by atoms with van der Waals surface area (Å²) in [5, 5.41) is 0. The first-order chi connectivity index (χ1) is 14.4. The van der Waals surface area contributed by atoms with Crippen LogP contribution in [-0.2, 0) is 19.5 Å². The van der Waals surface area contributed by atoms with E-state index in [0.717, 1.165) is 29.8 Å². The number of pyridine rings is 1. The van der Waals surface area contributed by atoms with Crippen LogP contribution in [0.4, 0.5) is 18.9 Å². The molecule has 6 nitrogen and oxygen atoms in total. The Hall–Kier alpha value is -3.20. The van der Waals surface area contributed by atoms with Gasteiger partial charge in [0.15, 0.2) is 12.4 Å². The van der Waals surface area contributed by atoms with Crippen LogP contribution in [-0.4, -0.2) is 39.2 Å². The summed E-state index contributed by atoms with van der Waals surface area (Å²) in [6.45, 7) is 0.394. The van der Waals surface area contributed by atoms with Crippen molar-refractivity contribution in [2.75, 3.05) is 18.9 Å². The molecule has 2 aromatic heterocycles. The van der Waals surface area contributed by atoms with Crippen molar-refractivity contribution in [1.82, 2.24) is 19.9 Å². The molecule has 1 aromatic carbocycles. The van der Waals surface area contributed by atoms with Crippen LogP contribution in [0, 0.1) is 0 Å². The van der Waals surface area contributed by atoms with Gasteiger partial charge in [0.25, 0.3) is 0 Å². The van der Waals surface area contributed by atoms with Gasteiger partial charge in [-0.15, -0.1) is 0 Å². The normalized spacial score (nSPS) is 14.4. The summed E-state index contributed by atoms with van der Waals surface area (Å²) < 4.78 is 42.4. The summed E-state index contributed by atoms with van der Waals surface area (Å²) in [4.78, 5) is 15.2. The number of rotatable bonds is 5. The molecule has 9 heteroatoms. The SMILES string of the molecule is Nc1ccc(-c2ncc3c(n2)CCN(Cc2cccnc2OCC(F)(F)F)C3)cc1. The Morgan fingerprint density at radius 2 is 1.90 bits per heavy atom. The second-order valence-corrected chi connectivity index (χ2v) is 7.12. The van der Waals surface area contributed by atoms with E-state index in [4.69, 9.17) is 10.5 Å². The van der Waals surface area contributed by atoms with E-state index in [1.807, 2.05) is 30.5 Å². The maximum atomic E-state index is 12.5. The average Bonchev–Trinajstić information content (AvgIpc) is 2.73. The zero-order valence-corrected chi connectivity index (χ0v) is 16.1. The van der Waals surface area contributed by atoms with E-state index >= 15 is 0 Å². The van der Waals surface area contributed by atoms with Crippen molar-refractivity contribution in [2.45, 2.75) is 25.7 Å². The minimum Gasteiger partial charge on any atom is -0.468 e. The van der Waals surface area contributed by atoms with Gasteiger partial charge < -0.3 is 10.5 Å². The lowest BCUT2D eigenvalue weighted by Gasteiger charge is -2.28. The van der Waals surface area contributed by atoms with Crippen LogP contribution in [0.5, 0.6) is 5.88 Å². The molecule has 0 fully saturated rings. The van der Waals surface area contributed by atoms with E-state index in [9.17, 15) is 13.2 Å². The van der Waals surface area contributed by atoms with Crippen molar-refractivity contribution in [3.63, 3.8) is 0 Å². The topological polar surface area (TPSA) is 77.2 Å². The third-order valence-corrected chi connectivity index (χ3v) is 4.80. The lowest BCUT2D eigenvalue weighted by Crippen LogP contribution is -2.31. The minimum atomic E-state index is -4.40.